The number of piperazine rings is 1. The van der Waals surface area contributed by atoms with E-state index < -0.39 is 0 Å². The first kappa shape index (κ1) is 17.2. The van der Waals surface area contributed by atoms with Gasteiger partial charge in [-0.3, -0.25) is 14.5 Å². The molecule has 1 N–H and O–H groups in total. The molecule has 1 aliphatic heterocycles. The maximum Gasteiger partial charge on any atom is 0.289 e. The number of nitrogens with zero attached hydrogens (tertiary/aromatic N) is 2. The fourth-order valence-electron chi connectivity index (χ4n) is 2.97. The minimum absolute atomic E-state index is 0.00895. The van der Waals surface area contributed by atoms with Crippen LogP contribution in [0.2, 0.25) is 0 Å². The number of amides is 2. The minimum atomic E-state index is -0.218. The van der Waals surface area contributed by atoms with Gasteiger partial charge >= 0.3 is 0 Å². The maximum absolute atomic E-state index is 12.4. The van der Waals surface area contributed by atoms with Gasteiger partial charge in [0.05, 0.1) is 12.3 Å². The first-order valence-corrected chi connectivity index (χ1v) is 8.53. The van der Waals surface area contributed by atoms with Gasteiger partial charge in [0, 0.05) is 32.7 Å². The Balaban J connectivity index is 1.47. The largest absolute Gasteiger partial charge is 0.459 e. The molecule has 132 valence electrons. The molecule has 25 heavy (non-hydrogen) atoms. The molecule has 6 heteroatoms. The Bertz CT molecular complexity index is 692. The molecule has 0 bridgehead atoms. The van der Waals surface area contributed by atoms with Crippen LogP contribution in [0.5, 0.6) is 0 Å². The molecule has 3 rings (SSSR count). The van der Waals surface area contributed by atoms with E-state index >= 15 is 0 Å². The summed E-state index contributed by atoms with van der Waals surface area (Å²) >= 11 is 0. The van der Waals surface area contributed by atoms with Crippen LogP contribution >= 0.6 is 0 Å². The van der Waals surface area contributed by atoms with Gasteiger partial charge in [0.25, 0.3) is 5.91 Å². The number of hydrogen-bond donors (Lipinski definition) is 1. The van der Waals surface area contributed by atoms with Gasteiger partial charge in [0.2, 0.25) is 5.91 Å². The molecule has 0 radical (unpaired) electrons. The van der Waals surface area contributed by atoms with E-state index in [0.717, 1.165) is 5.56 Å². The van der Waals surface area contributed by atoms with E-state index in [9.17, 15) is 9.59 Å². The van der Waals surface area contributed by atoms with Crippen molar-refractivity contribution in [3.63, 3.8) is 0 Å². The van der Waals surface area contributed by atoms with Gasteiger partial charge in [0.15, 0.2) is 5.76 Å². The zero-order valence-electron chi connectivity index (χ0n) is 14.4. The van der Waals surface area contributed by atoms with E-state index in [2.05, 4.69) is 10.2 Å². The molecule has 2 aromatic rings. The fourth-order valence-corrected chi connectivity index (χ4v) is 2.97. The van der Waals surface area contributed by atoms with Crippen LogP contribution in [-0.2, 0) is 11.3 Å². The monoisotopic (exact) mass is 341 g/mol. The first-order chi connectivity index (χ1) is 12.1. The Labute approximate surface area is 147 Å². The molecule has 0 saturated carbocycles. The number of nitrogens with one attached hydrogen (secondary N) is 1. The van der Waals surface area contributed by atoms with Crippen molar-refractivity contribution in [2.24, 2.45) is 0 Å². The lowest BCUT2D eigenvalue weighted by atomic mass is 10.2. The first-order valence-electron chi connectivity index (χ1n) is 8.53. The second-order valence-electron chi connectivity index (χ2n) is 6.18. The average molecular weight is 341 g/mol. The number of benzene rings is 1. The topological polar surface area (TPSA) is 65.8 Å². The fraction of sp³-hybridized carbons (Fsp3) is 0.368. The van der Waals surface area contributed by atoms with E-state index in [4.69, 9.17) is 4.42 Å². The van der Waals surface area contributed by atoms with Crippen molar-refractivity contribution < 1.29 is 14.0 Å². The van der Waals surface area contributed by atoms with E-state index in [0.29, 0.717) is 38.5 Å². The number of furan rings is 1. The van der Waals surface area contributed by atoms with E-state index in [-0.39, 0.29) is 17.9 Å². The Morgan fingerprint density at radius 1 is 1.08 bits per heavy atom. The SMILES string of the molecule is C[C@H](C(=O)NCc1ccccc1)N1CCN(C(=O)c2ccco2)CC1. The van der Waals surface area contributed by atoms with Crippen LogP contribution in [0, 0.1) is 0 Å². The van der Waals surface area contributed by atoms with Crippen molar-refractivity contribution in [1.82, 2.24) is 15.1 Å². The molecule has 1 aliphatic rings. The van der Waals surface area contributed by atoms with Gasteiger partial charge in [-0.05, 0) is 24.6 Å². The lowest BCUT2D eigenvalue weighted by molar-refractivity contribution is -0.126. The summed E-state index contributed by atoms with van der Waals surface area (Å²) in [6.07, 6.45) is 1.50. The highest BCUT2D eigenvalue weighted by molar-refractivity contribution is 5.91. The van der Waals surface area contributed by atoms with Crippen LogP contribution < -0.4 is 5.32 Å². The minimum Gasteiger partial charge on any atom is -0.459 e. The Morgan fingerprint density at radius 3 is 2.44 bits per heavy atom. The highest BCUT2D eigenvalue weighted by atomic mass is 16.3. The van der Waals surface area contributed by atoms with Crippen molar-refractivity contribution in [3.05, 3.63) is 60.1 Å². The average Bonchev–Trinajstić information content (AvgIpc) is 3.20. The maximum atomic E-state index is 12.4. The summed E-state index contributed by atoms with van der Waals surface area (Å²) in [7, 11) is 0. The van der Waals surface area contributed by atoms with Gasteiger partial charge in [-0.15, -0.1) is 0 Å². The van der Waals surface area contributed by atoms with E-state index in [1.165, 1.54) is 6.26 Å². The molecule has 1 fully saturated rings. The zero-order valence-corrected chi connectivity index (χ0v) is 14.4. The predicted molar refractivity (Wildman–Crippen MR) is 93.9 cm³/mol. The van der Waals surface area contributed by atoms with Crippen molar-refractivity contribution in [1.29, 1.82) is 0 Å². The van der Waals surface area contributed by atoms with Crippen molar-refractivity contribution in [2.45, 2.75) is 19.5 Å². The second kappa shape index (κ2) is 7.98. The van der Waals surface area contributed by atoms with Gasteiger partial charge < -0.3 is 14.6 Å². The van der Waals surface area contributed by atoms with Crippen LogP contribution in [0.3, 0.4) is 0 Å². The second-order valence-corrected chi connectivity index (χ2v) is 6.18. The van der Waals surface area contributed by atoms with Gasteiger partial charge in [-0.25, -0.2) is 0 Å². The number of carbonyl (C=O) groups is 2. The van der Waals surface area contributed by atoms with Crippen LogP contribution in [0.4, 0.5) is 0 Å². The Hall–Kier alpha value is -2.60. The zero-order chi connectivity index (χ0) is 17.6. The number of rotatable bonds is 5. The molecule has 2 amide bonds. The third-order valence-electron chi connectivity index (χ3n) is 4.57. The standard InChI is InChI=1S/C19H23N3O3/c1-15(18(23)20-14-16-6-3-2-4-7-16)21-9-11-22(12-10-21)19(24)17-8-5-13-25-17/h2-8,13,15H,9-12,14H2,1H3,(H,20,23)/t15-/m1/s1. The molecule has 1 aromatic heterocycles. The highest BCUT2D eigenvalue weighted by Gasteiger charge is 2.28. The Kier molecular flexibility index (Phi) is 5.50. The molecule has 6 nitrogen and oxygen atoms in total. The van der Waals surface area contributed by atoms with Crippen molar-refractivity contribution in [2.75, 3.05) is 26.2 Å². The van der Waals surface area contributed by atoms with Crippen molar-refractivity contribution >= 4 is 11.8 Å². The van der Waals surface area contributed by atoms with E-state index in [1.807, 2.05) is 37.3 Å². The third kappa shape index (κ3) is 4.28. The van der Waals surface area contributed by atoms with Crippen molar-refractivity contribution in [3.8, 4) is 0 Å². The molecule has 0 spiro atoms. The molecule has 1 aromatic carbocycles. The number of hydrogen-bond acceptors (Lipinski definition) is 4. The van der Waals surface area contributed by atoms with Crippen LogP contribution in [0.25, 0.3) is 0 Å². The summed E-state index contributed by atoms with van der Waals surface area (Å²) in [6, 6.07) is 13.0. The lowest BCUT2D eigenvalue weighted by Crippen LogP contribution is -2.54. The summed E-state index contributed by atoms with van der Waals surface area (Å²) in [5, 5.41) is 2.98. The summed E-state index contributed by atoms with van der Waals surface area (Å²) in [4.78, 5) is 28.5. The van der Waals surface area contributed by atoms with Gasteiger partial charge in [-0.2, -0.15) is 0 Å². The molecule has 0 unspecified atom stereocenters. The molecular formula is C19H23N3O3. The normalized spacial score (nSPS) is 16.4. The van der Waals surface area contributed by atoms with Gasteiger partial charge in [0.1, 0.15) is 0 Å². The smallest absolute Gasteiger partial charge is 0.289 e. The molecular weight excluding hydrogens is 318 g/mol. The van der Waals surface area contributed by atoms with E-state index in [1.54, 1.807) is 17.0 Å². The summed E-state index contributed by atoms with van der Waals surface area (Å²) < 4.78 is 5.17. The summed E-state index contributed by atoms with van der Waals surface area (Å²) in [6.45, 7) is 4.97. The quantitative estimate of drug-likeness (QED) is 0.900. The molecule has 0 aliphatic carbocycles. The molecule has 1 atom stereocenters. The molecule has 2 heterocycles. The third-order valence-corrected chi connectivity index (χ3v) is 4.57. The molecule has 1 saturated heterocycles. The van der Waals surface area contributed by atoms with Gasteiger partial charge in [-0.1, -0.05) is 30.3 Å². The van der Waals surface area contributed by atoms with Crippen LogP contribution in [-0.4, -0.2) is 53.8 Å². The summed E-state index contributed by atoms with van der Waals surface area (Å²) in [5.41, 5.74) is 1.08. The predicted octanol–water partition coefficient (Wildman–Crippen LogP) is 1.74. The summed E-state index contributed by atoms with van der Waals surface area (Å²) in [5.74, 6) is 0.280. The number of carbonyl (C=O) groups excluding carboxylic acids is 2. The lowest BCUT2D eigenvalue weighted by Gasteiger charge is -2.37. The van der Waals surface area contributed by atoms with Crippen LogP contribution in [0.15, 0.2) is 53.1 Å². The highest BCUT2D eigenvalue weighted by Crippen LogP contribution is 2.11. The Morgan fingerprint density at radius 2 is 1.80 bits per heavy atom. The van der Waals surface area contributed by atoms with Crippen LogP contribution in [0.1, 0.15) is 23.0 Å².